The molecule has 3 unspecified atom stereocenters. The van der Waals surface area contributed by atoms with Gasteiger partial charge in [-0.25, -0.2) is 0 Å². The largest absolute Gasteiger partial charge is 0.349 e. The Morgan fingerprint density at radius 2 is 2.06 bits per heavy atom. The highest BCUT2D eigenvalue weighted by Crippen LogP contribution is 2.36. The van der Waals surface area contributed by atoms with Gasteiger partial charge in [0.1, 0.15) is 0 Å². The van der Waals surface area contributed by atoms with Crippen LogP contribution in [0.25, 0.3) is 0 Å². The summed E-state index contributed by atoms with van der Waals surface area (Å²) in [6.45, 7) is 4.43. The number of hydrogen-bond donors (Lipinski definition) is 1. The highest BCUT2D eigenvalue weighted by Gasteiger charge is 2.35. The molecule has 1 N–H and O–H groups in total. The van der Waals surface area contributed by atoms with Gasteiger partial charge in [-0.1, -0.05) is 50.6 Å². The number of benzene rings is 1. The monoisotopic (exact) mass is 217 g/mol. The van der Waals surface area contributed by atoms with Crippen molar-refractivity contribution in [2.75, 3.05) is 0 Å². The van der Waals surface area contributed by atoms with E-state index in [4.69, 9.17) is 0 Å². The molecule has 0 radical (unpaired) electrons. The Hall–Kier alpha value is -1.31. The minimum atomic E-state index is 0.194. The van der Waals surface area contributed by atoms with Crippen molar-refractivity contribution in [1.29, 1.82) is 0 Å². The first-order valence-corrected chi connectivity index (χ1v) is 6.06. The third-order valence-electron chi connectivity index (χ3n) is 3.70. The first-order chi connectivity index (χ1) is 7.72. The summed E-state index contributed by atoms with van der Waals surface area (Å²) in [6.07, 6.45) is 1.80. The maximum atomic E-state index is 11.5. The molecule has 86 valence electrons. The molecule has 1 heterocycles. The smallest absolute Gasteiger partial charge is 0.220 e. The topological polar surface area (TPSA) is 29.1 Å². The molecule has 1 aromatic carbocycles. The van der Waals surface area contributed by atoms with Crippen molar-refractivity contribution < 1.29 is 4.79 Å². The summed E-state index contributed by atoms with van der Waals surface area (Å²) in [5, 5.41) is 3.10. The van der Waals surface area contributed by atoms with Crippen LogP contribution in [0.3, 0.4) is 0 Å². The molecule has 0 aromatic heterocycles. The van der Waals surface area contributed by atoms with Crippen molar-refractivity contribution in [3.63, 3.8) is 0 Å². The molecule has 0 saturated carbocycles. The van der Waals surface area contributed by atoms with Crippen molar-refractivity contribution in [2.24, 2.45) is 11.8 Å². The van der Waals surface area contributed by atoms with Gasteiger partial charge in [0.2, 0.25) is 5.91 Å². The molecule has 0 spiro atoms. The quantitative estimate of drug-likeness (QED) is 0.828. The molecule has 2 rings (SSSR count). The van der Waals surface area contributed by atoms with E-state index in [0.29, 0.717) is 18.3 Å². The average Bonchev–Trinajstić information content (AvgIpc) is 2.71. The van der Waals surface area contributed by atoms with E-state index < -0.39 is 0 Å². The van der Waals surface area contributed by atoms with Gasteiger partial charge in [0.15, 0.2) is 0 Å². The number of amides is 1. The summed E-state index contributed by atoms with van der Waals surface area (Å²) in [5.41, 5.74) is 1.23. The predicted octanol–water partition coefficient (Wildman–Crippen LogP) is 2.91. The molecule has 1 aromatic rings. The fourth-order valence-corrected chi connectivity index (χ4v) is 2.49. The molecule has 1 saturated heterocycles. The van der Waals surface area contributed by atoms with E-state index in [1.165, 1.54) is 5.56 Å². The van der Waals surface area contributed by atoms with Gasteiger partial charge in [0, 0.05) is 6.42 Å². The maximum Gasteiger partial charge on any atom is 0.220 e. The molecule has 2 heteroatoms. The SMILES string of the molecule is CCC(C)C1CC(=O)NC1c1ccccc1. The van der Waals surface area contributed by atoms with Crippen LogP contribution < -0.4 is 5.32 Å². The lowest BCUT2D eigenvalue weighted by molar-refractivity contribution is -0.119. The first-order valence-electron chi connectivity index (χ1n) is 6.06. The van der Waals surface area contributed by atoms with Gasteiger partial charge in [-0.15, -0.1) is 0 Å². The molecule has 16 heavy (non-hydrogen) atoms. The van der Waals surface area contributed by atoms with E-state index in [9.17, 15) is 4.79 Å². The van der Waals surface area contributed by atoms with E-state index in [0.717, 1.165) is 6.42 Å². The molecule has 0 bridgehead atoms. The van der Waals surface area contributed by atoms with Gasteiger partial charge in [0.05, 0.1) is 6.04 Å². The van der Waals surface area contributed by atoms with Crippen LogP contribution in [0.1, 0.15) is 38.3 Å². The summed E-state index contributed by atoms with van der Waals surface area (Å²) in [7, 11) is 0. The third kappa shape index (κ3) is 2.11. The Balaban J connectivity index is 2.22. The second kappa shape index (κ2) is 4.69. The lowest BCUT2D eigenvalue weighted by Gasteiger charge is -2.24. The lowest BCUT2D eigenvalue weighted by Crippen LogP contribution is -2.23. The average molecular weight is 217 g/mol. The highest BCUT2D eigenvalue weighted by atomic mass is 16.2. The van der Waals surface area contributed by atoms with Crippen molar-refractivity contribution >= 4 is 5.91 Å². The van der Waals surface area contributed by atoms with E-state index >= 15 is 0 Å². The molecule has 0 aliphatic carbocycles. The van der Waals surface area contributed by atoms with Crippen molar-refractivity contribution in [1.82, 2.24) is 5.32 Å². The molecule has 3 atom stereocenters. The summed E-state index contributed by atoms with van der Waals surface area (Å²) in [4.78, 5) is 11.5. The van der Waals surface area contributed by atoms with Crippen LogP contribution >= 0.6 is 0 Å². The minimum absolute atomic E-state index is 0.194. The van der Waals surface area contributed by atoms with Crippen LogP contribution in [0.4, 0.5) is 0 Å². The van der Waals surface area contributed by atoms with E-state index in [1.807, 2.05) is 18.2 Å². The first kappa shape index (κ1) is 11.2. The van der Waals surface area contributed by atoms with Gasteiger partial charge in [-0.3, -0.25) is 4.79 Å². The fourth-order valence-electron chi connectivity index (χ4n) is 2.49. The molecule has 1 aliphatic rings. The Kier molecular flexibility index (Phi) is 3.28. The van der Waals surface area contributed by atoms with Crippen LogP contribution in [0.2, 0.25) is 0 Å². The molecule has 1 aliphatic heterocycles. The summed E-state index contributed by atoms with van der Waals surface area (Å²) in [6, 6.07) is 10.5. The second-order valence-corrected chi connectivity index (χ2v) is 4.71. The predicted molar refractivity (Wildman–Crippen MR) is 64.9 cm³/mol. The zero-order chi connectivity index (χ0) is 11.5. The van der Waals surface area contributed by atoms with E-state index in [1.54, 1.807) is 0 Å². The van der Waals surface area contributed by atoms with Gasteiger partial charge >= 0.3 is 0 Å². The highest BCUT2D eigenvalue weighted by molar-refractivity contribution is 5.79. The normalized spacial score (nSPS) is 26.5. The maximum absolute atomic E-state index is 11.5. The van der Waals surface area contributed by atoms with Crippen LogP contribution in [0, 0.1) is 11.8 Å². The second-order valence-electron chi connectivity index (χ2n) is 4.71. The van der Waals surface area contributed by atoms with Gasteiger partial charge in [-0.05, 0) is 17.4 Å². The van der Waals surface area contributed by atoms with Crippen LogP contribution in [0.15, 0.2) is 30.3 Å². The van der Waals surface area contributed by atoms with E-state index in [2.05, 4.69) is 31.3 Å². The number of hydrogen-bond acceptors (Lipinski definition) is 1. The minimum Gasteiger partial charge on any atom is -0.349 e. The zero-order valence-corrected chi connectivity index (χ0v) is 9.94. The van der Waals surface area contributed by atoms with Gasteiger partial charge in [0.25, 0.3) is 0 Å². The van der Waals surface area contributed by atoms with Crippen LogP contribution in [-0.4, -0.2) is 5.91 Å². The summed E-state index contributed by atoms with van der Waals surface area (Å²) >= 11 is 0. The molecular weight excluding hydrogens is 198 g/mol. The Morgan fingerprint density at radius 3 is 2.69 bits per heavy atom. The molecule has 2 nitrogen and oxygen atoms in total. The number of nitrogens with one attached hydrogen (secondary N) is 1. The van der Waals surface area contributed by atoms with Gasteiger partial charge < -0.3 is 5.32 Å². The fraction of sp³-hybridized carbons (Fsp3) is 0.500. The van der Waals surface area contributed by atoms with Crippen molar-refractivity contribution in [3.8, 4) is 0 Å². The molecular formula is C14H19NO. The number of carbonyl (C=O) groups is 1. The molecule has 1 amide bonds. The molecule has 1 fully saturated rings. The van der Waals surface area contributed by atoms with E-state index in [-0.39, 0.29) is 11.9 Å². The Bertz CT molecular complexity index is 360. The summed E-state index contributed by atoms with van der Waals surface area (Å²) in [5.74, 6) is 1.23. The van der Waals surface area contributed by atoms with Gasteiger partial charge in [-0.2, -0.15) is 0 Å². The lowest BCUT2D eigenvalue weighted by atomic mass is 9.83. The van der Waals surface area contributed by atoms with Crippen LogP contribution in [-0.2, 0) is 4.79 Å². The third-order valence-corrected chi connectivity index (χ3v) is 3.70. The van der Waals surface area contributed by atoms with Crippen molar-refractivity contribution in [3.05, 3.63) is 35.9 Å². The van der Waals surface area contributed by atoms with Crippen molar-refractivity contribution in [2.45, 2.75) is 32.7 Å². The Morgan fingerprint density at radius 1 is 1.38 bits per heavy atom. The number of rotatable bonds is 3. The Labute approximate surface area is 97.1 Å². The number of carbonyl (C=O) groups excluding carboxylic acids is 1. The summed E-state index contributed by atoms with van der Waals surface area (Å²) < 4.78 is 0. The standard InChI is InChI=1S/C14H19NO/c1-3-10(2)12-9-13(16)15-14(12)11-7-5-4-6-8-11/h4-8,10,12,14H,3,9H2,1-2H3,(H,15,16). The zero-order valence-electron chi connectivity index (χ0n) is 9.94. The van der Waals surface area contributed by atoms with Crippen LogP contribution in [0.5, 0.6) is 0 Å².